The van der Waals surface area contributed by atoms with E-state index in [0.29, 0.717) is 11.7 Å². The maximum atomic E-state index is 12.2. The first-order chi connectivity index (χ1) is 10.8. The van der Waals surface area contributed by atoms with E-state index in [1.54, 1.807) is 10.6 Å². The summed E-state index contributed by atoms with van der Waals surface area (Å²) < 4.78 is 12.5. The highest BCUT2D eigenvalue weighted by molar-refractivity contribution is 5.78. The summed E-state index contributed by atoms with van der Waals surface area (Å²) in [6.07, 6.45) is 1.80. The monoisotopic (exact) mass is 297 g/mol. The Bertz CT molecular complexity index is 862. The number of para-hydroxylation sites is 1. The minimum atomic E-state index is -0.106. The highest BCUT2D eigenvalue weighted by Crippen LogP contribution is 2.27. The molecule has 0 amide bonds. The molecule has 0 N–H and O–H groups in total. The predicted molar refractivity (Wildman–Crippen MR) is 79.5 cm³/mol. The van der Waals surface area contributed by atoms with Crippen LogP contribution in [0.3, 0.4) is 0 Å². The molecule has 0 spiro atoms. The minimum absolute atomic E-state index is 0.0813. The zero-order valence-electron chi connectivity index (χ0n) is 11.9. The molecule has 1 aliphatic heterocycles. The molecule has 1 aromatic carbocycles. The molecule has 22 heavy (non-hydrogen) atoms. The molecule has 6 nitrogen and oxygen atoms in total. The molecule has 2 aromatic heterocycles. The van der Waals surface area contributed by atoms with Crippen molar-refractivity contribution in [1.82, 2.24) is 14.7 Å². The number of rotatable bonds is 3. The van der Waals surface area contributed by atoms with Gasteiger partial charge in [-0.3, -0.25) is 4.79 Å². The number of hydrogen-bond acceptors (Lipinski definition) is 5. The molecular formula is C16H15N3O3. The van der Waals surface area contributed by atoms with Gasteiger partial charge in [0.1, 0.15) is 6.10 Å². The fourth-order valence-corrected chi connectivity index (χ4v) is 2.78. The molecule has 3 heterocycles. The number of benzene rings is 1. The molecule has 1 unspecified atom stereocenters. The largest absolute Gasteiger partial charge is 0.368 e. The van der Waals surface area contributed by atoms with Crippen molar-refractivity contribution in [3.8, 4) is 0 Å². The summed E-state index contributed by atoms with van der Waals surface area (Å²) in [5.74, 6) is 0.990. The number of ether oxygens (including phenoxy) is 1. The highest BCUT2D eigenvalue weighted by Gasteiger charge is 2.24. The van der Waals surface area contributed by atoms with Gasteiger partial charge in [0.25, 0.3) is 11.4 Å². The van der Waals surface area contributed by atoms with Gasteiger partial charge in [-0.2, -0.15) is 4.98 Å². The number of nitrogens with zero attached hydrogens (tertiary/aromatic N) is 3. The Morgan fingerprint density at radius 2 is 2.14 bits per heavy atom. The fraction of sp³-hybridized carbons (Fsp3) is 0.312. The maximum Gasteiger partial charge on any atom is 0.255 e. The van der Waals surface area contributed by atoms with Crippen LogP contribution in [0.1, 0.15) is 30.7 Å². The van der Waals surface area contributed by atoms with Gasteiger partial charge in [0.05, 0.1) is 12.1 Å². The third-order valence-corrected chi connectivity index (χ3v) is 3.89. The lowest BCUT2D eigenvalue weighted by Gasteiger charge is -2.07. The Morgan fingerprint density at radius 1 is 1.23 bits per heavy atom. The fourth-order valence-electron chi connectivity index (χ4n) is 2.78. The van der Waals surface area contributed by atoms with Crippen LogP contribution in [0.2, 0.25) is 0 Å². The Hall–Kier alpha value is -2.47. The number of aromatic nitrogens is 3. The van der Waals surface area contributed by atoms with E-state index < -0.39 is 0 Å². The van der Waals surface area contributed by atoms with Crippen LogP contribution >= 0.6 is 0 Å². The van der Waals surface area contributed by atoms with Crippen LogP contribution in [0.15, 0.2) is 45.7 Å². The maximum absolute atomic E-state index is 12.2. The zero-order valence-corrected chi connectivity index (χ0v) is 11.9. The summed E-state index contributed by atoms with van der Waals surface area (Å²) in [6.45, 7) is 1.02. The lowest BCUT2D eigenvalue weighted by molar-refractivity contribution is 0.0835. The van der Waals surface area contributed by atoms with E-state index in [1.165, 1.54) is 0 Å². The highest BCUT2D eigenvalue weighted by atomic mass is 16.5. The molecule has 0 bridgehead atoms. The van der Waals surface area contributed by atoms with E-state index in [0.717, 1.165) is 30.4 Å². The SMILES string of the molecule is O=c1ccc2ccccc2n1Cc1noc(C2CCCO2)n1. The van der Waals surface area contributed by atoms with Crippen molar-refractivity contribution >= 4 is 10.9 Å². The van der Waals surface area contributed by atoms with Gasteiger partial charge in [-0.25, -0.2) is 0 Å². The zero-order chi connectivity index (χ0) is 14.9. The molecule has 4 rings (SSSR count). The van der Waals surface area contributed by atoms with E-state index in [9.17, 15) is 4.79 Å². The van der Waals surface area contributed by atoms with Gasteiger partial charge >= 0.3 is 0 Å². The van der Waals surface area contributed by atoms with Crippen molar-refractivity contribution in [3.05, 3.63) is 58.5 Å². The van der Waals surface area contributed by atoms with Gasteiger partial charge in [0.2, 0.25) is 0 Å². The molecule has 6 heteroatoms. The summed E-state index contributed by atoms with van der Waals surface area (Å²) in [6, 6.07) is 11.1. The first kappa shape index (κ1) is 13.2. The second-order valence-corrected chi connectivity index (χ2v) is 5.37. The van der Waals surface area contributed by atoms with E-state index in [-0.39, 0.29) is 18.2 Å². The molecule has 1 saturated heterocycles. The molecular weight excluding hydrogens is 282 g/mol. The summed E-state index contributed by atoms with van der Waals surface area (Å²) in [5, 5.41) is 4.98. The van der Waals surface area contributed by atoms with Crippen molar-refractivity contribution in [2.75, 3.05) is 6.61 Å². The Balaban J connectivity index is 1.69. The Kier molecular flexibility index (Phi) is 3.23. The molecule has 0 saturated carbocycles. The van der Waals surface area contributed by atoms with E-state index >= 15 is 0 Å². The third kappa shape index (κ3) is 2.31. The molecule has 1 aliphatic rings. The van der Waals surface area contributed by atoms with Gasteiger partial charge in [-0.15, -0.1) is 0 Å². The number of hydrogen-bond donors (Lipinski definition) is 0. The second-order valence-electron chi connectivity index (χ2n) is 5.37. The van der Waals surface area contributed by atoms with Crippen LogP contribution in [-0.4, -0.2) is 21.3 Å². The summed E-state index contributed by atoms with van der Waals surface area (Å²) in [4.78, 5) is 16.5. The van der Waals surface area contributed by atoms with E-state index in [4.69, 9.17) is 9.26 Å². The normalized spacial score (nSPS) is 18.1. The van der Waals surface area contributed by atoms with Crippen LogP contribution in [0.4, 0.5) is 0 Å². The topological polar surface area (TPSA) is 70.2 Å². The molecule has 0 radical (unpaired) electrons. The first-order valence-electron chi connectivity index (χ1n) is 7.34. The molecule has 112 valence electrons. The van der Waals surface area contributed by atoms with Gasteiger partial charge in [-0.05, 0) is 30.4 Å². The van der Waals surface area contributed by atoms with Crippen molar-refractivity contribution in [2.24, 2.45) is 0 Å². The summed E-state index contributed by atoms with van der Waals surface area (Å²) in [7, 11) is 0. The van der Waals surface area contributed by atoms with Crippen molar-refractivity contribution in [3.63, 3.8) is 0 Å². The number of pyridine rings is 1. The molecule has 0 aliphatic carbocycles. The average molecular weight is 297 g/mol. The van der Waals surface area contributed by atoms with Crippen LogP contribution in [-0.2, 0) is 11.3 Å². The number of fused-ring (bicyclic) bond motifs is 1. The van der Waals surface area contributed by atoms with Gasteiger partial charge in [-0.1, -0.05) is 23.4 Å². The Labute approximate surface area is 126 Å². The standard InChI is InChI=1S/C16H15N3O3/c20-15-8-7-11-4-1-2-5-12(11)19(15)10-14-17-16(22-18-14)13-6-3-9-21-13/h1-2,4-5,7-8,13H,3,6,9-10H2. The molecule has 1 fully saturated rings. The van der Waals surface area contributed by atoms with Crippen molar-refractivity contribution < 1.29 is 9.26 Å². The summed E-state index contributed by atoms with van der Waals surface area (Å²) >= 11 is 0. The van der Waals surface area contributed by atoms with Crippen LogP contribution in [0.5, 0.6) is 0 Å². The lowest BCUT2D eigenvalue weighted by atomic mass is 10.2. The first-order valence-corrected chi connectivity index (χ1v) is 7.34. The van der Waals surface area contributed by atoms with Gasteiger partial charge in [0, 0.05) is 12.7 Å². The second kappa shape index (κ2) is 5.38. The van der Waals surface area contributed by atoms with E-state index in [2.05, 4.69) is 10.1 Å². The molecule has 1 atom stereocenters. The van der Waals surface area contributed by atoms with E-state index in [1.807, 2.05) is 30.3 Å². The quantitative estimate of drug-likeness (QED) is 0.741. The van der Waals surface area contributed by atoms with Gasteiger partial charge < -0.3 is 13.8 Å². The third-order valence-electron chi connectivity index (χ3n) is 3.89. The van der Waals surface area contributed by atoms with Crippen molar-refractivity contribution in [2.45, 2.75) is 25.5 Å². The van der Waals surface area contributed by atoms with Crippen molar-refractivity contribution in [1.29, 1.82) is 0 Å². The lowest BCUT2D eigenvalue weighted by Crippen LogP contribution is -2.20. The van der Waals surface area contributed by atoms with Crippen LogP contribution in [0, 0.1) is 0 Å². The summed E-state index contributed by atoms with van der Waals surface area (Å²) in [5.41, 5.74) is 0.778. The van der Waals surface area contributed by atoms with Crippen LogP contribution < -0.4 is 5.56 Å². The minimum Gasteiger partial charge on any atom is -0.368 e. The van der Waals surface area contributed by atoms with Gasteiger partial charge in [0.15, 0.2) is 5.82 Å². The molecule has 3 aromatic rings. The smallest absolute Gasteiger partial charge is 0.255 e. The average Bonchev–Trinajstić information content (AvgIpc) is 3.21. The predicted octanol–water partition coefficient (Wildman–Crippen LogP) is 2.28. The van der Waals surface area contributed by atoms with Crippen LogP contribution in [0.25, 0.3) is 10.9 Å². The Morgan fingerprint density at radius 3 is 3.00 bits per heavy atom.